The number of nitrogens with one attached hydrogen (secondary N) is 1. The first-order valence-electron chi connectivity index (χ1n) is 6.83. The summed E-state index contributed by atoms with van der Waals surface area (Å²) in [5.74, 6) is -0.00442. The molecule has 1 aliphatic heterocycles. The normalized spacial score (nSPS) is 17.4. The Balaban J connectivity index is 1.94. The van der Waals surface area contributed by atoms with Gasteiger partial charge in [-0.15, -0.1) is 0 Å². The summed E-state index contributed by atoms with van der Waals surface area (Å²) < 4.78 is 0. The second-order valence-electron chi connectivity index (χ2n) is 5.13. The van der Waals surface area contributed by atoms with Crippen LogP contribution in [0.25, 0.3) is 0 Å². The van der Waals surface area contributed by atoms with Crippen LogP contribution in [0.4, 0.5) is 0 Å². The first kappa shape index (κ1) is 14.0. The van der Waals surface area contributed by atoms with Gasteiger partial charge in [0.25, 0.3) is 5.91 Å². The summed E-state index contributed by atoms with van der Waals surface area (Å²) >= 11 is 0. The van der Waals surface area contributed by atoms with Crippen molar-refractivity contribution in [2.75, 3.05) is 26.7 Å². The van der Waals surface area contributed by atoms with Crippen LogP contribution in [0.2, 0.25) is 0 Å². The Bertz CT molecular complexity index is 427. The van der Waals surface area contributed by atoms with Gasteiger partial charge in [0.05, 0.1) is 0 Å². The van der Waals surface area contributed by atoms with Gasteiger partial charge in [0.1, 0.15) is 0 Å². The van der Waals surface area contributed by atoms with Crippen LogP contribution >= 0.6 is 0 Å². The van der Waals surface area contributed by atoms with Crippen molar-refractivity contribution >= 4 is 5.91 Å². The second-order valence-corrected chi connectivity index (χ2v) is 5.13. The summed E-state index contributed by atoms with van der Waals surface area (Å²) in [4.78, 5) is 18.7. The van der Waals surface area contributed by atoms with E-state index in [1.807, 2.05) is 6.07 Å². The standard InChI is InChI=1S/C14H22N4O/c1-18-8-4-12(5-9-18)17-14(19)11-3-7-16-13(10-11)2-6-15/h3,7,10,12H,2,4-6,8-9,15H2,1H3,(H,17,19). The van der Waals surface area contributed by atoms with Crippen molar-refractivity contribution in [3.05, 3.63) is 29.6 Å². The number of hydrogen-bond acceptors (Lipinski definition) is 4. The van der Waals surface area contributed by atoms with Crippen molar-refractivity contribution in [3.63, 3.8) is 0 Å². The number of pyridine rings is 1. The lowest BCUT2D eigenvalue weighted by molar-refractivity contribution is 0.0916. The van der Waals surface area contributed by atoms with Crippen LogP contribution in [-0.2, 0) is 6.42 Å². The van der Waals surface area contributed by atoms with Gasteiger partial charge in [0, 0.05) is 29.9 Å². The molecule has 0 atom stereocenters. The fraction of sp³-hybridized carbons (Fsp3) is 0.571. The molecule has 1 saturated heterocycles. The van der Waals surface area contributed by atoms with Gasteiger partial charge in [-0.1, -0.05) is 0 Å². The van der Waals surface area contributed by atoms with Crippen molar-refractivity contribution in [1.29, 1.82) is 0 Å². The largest absolute Gasteiger partial charge is 0.349 e. The van der Waals surface area contributed by atoms with E-state index in [0.717, 1.165) is 31.6 Å². The summed E-state index contributed by atoms with van der Waals surface area (Å²) in [5.41, 5.74) is 7.06. The fourth-order valence-corrected chi connectivity index (χ4v) is 2.33. The van der Waals surface area contributed by atoms with Gasteiger partial charge in [-0.3, -0.25) is 9.78 Å². The van der Waals surface area contributed by atoms with Crippen LogP contribution in [0.5, 0.6) is 0 Å². The molecule has 0 unspecified atom stereocenters. The van der Waals surface area contributed by atoms with Gasteiger partial charge in [-0.2, -0.15) is 0 Å². The molecule has 0 radical (unpaired) electrons. The Labute approximate surface area is 114 Å². The number of piperidine rings is 1. The van der Waals surface area contributed by atoms with Gasteiger partial charge in [0.2, 0.25) is 0 Å². The third kappa shape index (κ3) is 4.01. The minimum absolute atomic E-state index is 0.00442. The first-order chi connectivity index (χ1) is 9.19. The minimum atomic E-state index is -0.00442. The first-order valence-corrected chi connectivity index (χ1v) is 6.83. The molecule has 1 fully saturated rings. The van der Waals surface area contributed by atoms with E-state index in [2.05, 4.69) is 22.2 Å². The Hall–Kier alpha value is -1.46. The molecule has 0 aromatic carbocycles. The van der Waals surface area contributed by atoms with Crippen LogP contribution < -0.4 is 11.1 Å². The number of carbonyl (C=O) groups is 1. The van der Waals surface area contributed by atoms with E-state index in [0.29, 0.717) is 18.5 Å². The van der Waals surface area contributed by atoms with Crippen molar-refractivity contribution in [2.45, 2.75) is 25.3 Å². The second kappa shape index (κ2) is 6.63. The van der Waals surface area contributed by atoms with Gasteiger partial charge in [0.15, 0.2) is 0 Å². The highest BCUT2D eigenvalue weighted by molar-refractivity contribution is 5.94. The number of nitrogens with two attached hydrogens (primary N) is 1. The zero-order chi connectivity index (χ0) is 13.7. The minimum Gasteiger partial charge on any atom is -0.349 e. The molecule has 3 N–H and O–H groups in total. The zero-order valence-corrected chi connectivity index (χ0v) is 11.4. The van der Waals surface area contributed by atoms with Gasteiger partial charge >= 0.3 is 0 Å². The summed E-state index contributed by atoms with van der Waals surface area (Å²) in [7, 11) is 2.11. The molecular formula is C14H22N4O. The van der Waals surface area contributed by atoms with Gasteiger partial charge in [-0.05, 0) is 51.7 Å². The average Bonchev–Trinajstić information content (AvgIpc) is 2.42. The molecule has 5 heteroatoms. The van der Waals surface area contributed by atoms with E-state index in [4.69, 9.17) is 5.73 Å². The van der Waals surface area contributed by atoms with Gasteiger partial charge in [-0.25, -0.2) is 0 Å². The van der Waals surface area contributed by atoms with Crippen LogP contribution in [0.15, 0.2) is 18.3 Å². The predicted molar refractivity (Wildman–Crippen MR) is 75.0 cm³/mol. The molecule has 0 saturated carbocycles. The maximum Gasteiger partial charge on any atom is 0.251 e. The van der Waals surface area contributed by atoms with Crippen LogP contribution in [0.1, 0.15) is 28.9 Å². The Kier molecular flexibility index (Phi) is 4.87. The number of amides is 1. The lowest BCUT2D eigenvalue weighted by atomic mass is 10.0. The molecule has 0 bridgehead atoms. The molecule has 1 aromatic heterocycles. The smallest absolute Gasteiger partial charge is 0.251 e. The van der Waals surface area contributed by atoms with Crippen LogP contribution in [0, 0.1) is 0 Å². The SMILES string of the molecule is CN1CCC(NC(=O)c2ccnc(CCN)c2)CC1. The topological polar surface area (TPSA) is 71.2 Å². The highest BCUT2D eigenvalue weighted by atomic mass is 16.1. The molecule has 2 heterocycles. The van der Waals surface area contributed by atoms with E-state index in [1.54, 1.807) is 12.3 Å². The molecule has 1 aliphatic rings. The lowest BCUT2D eigenvalue weighted by Gasteiger charge is -2.29. The molecule has 2 rings (SSSR count). The highest BCUT2D eigenvalue weighted by Gasteiger charge is 2.19. The molecule has 1 aromatic rings. The van der Waals surface area contributed by atoms with Crippen LogP contribution in [-0.4, -0.2) is 48.5 Å². The molecule has 104 valence electrons. The Morgan fingerprint density at radius 3 is 2.95 bits per heavy atom. The third-order valence-electron chi connectivity index (χ3n) is 3.53. The van der Waals surface area contributed by atoms with E-state index < -0.39 is 0 Å². The number of hydrogen-bond donors (Lipinski definition) is 2. The number of likely N-dealkylation sites (tertiary alicyclic amines) is 1. The highest BCUT2D eigenvalue weighted by Crippen LogP contribution is 2.10. The summed E-state index contributed by atoms with van der Waals surface area (Å²) in [6.07, 6.45) is 4.41. The van der Waals surface area contributed by atoms with E-state index in [1.165, 1.54) is 0 Å². The summed E-state index contributed by atoms with van der Waals surface area (Å²) in [6.45, 7) is 2.63. The number of carbonyl (C=O) groups excluding carboxylic acids is 1. The van der Waals surface area contributed by atoms with E-state index >= 15 is 0 Å². The molecule has 0 aliphatic carbocycles. The quantitative estimate of drug-likeness (QED) is 0.824. The van der Waals surface area contributed by atoms with Crippen molar-refractivity contribution in [3.8, 4) is 0 Å². The molecule has 19 heavy (non-hydrogen) atoms. The predicted octanol–water partition coefficient (Wildman–Crippen LogP) is 0.407. The van der Waals surface area contributed by atoms with E-state index in [9.17, 15) is 4.79 Å². The molecule has 1 amide bonds. The van der Waals surface area contributed by atoms with Crippen LogP contribution in [0.3, 0.4) is 0 Å². The van der Waals surface area contributed by atoms with Crippen molar-refractivity contribution in [1.82, 2.24) is 15.2 Å². The third-order valence-corrected chi connectivity index (χ3v) is 3.53. The lowest BCUT2D eigenvalue weighted by Crippen LogP contribution is -2.43. The summed E-state index contributed by atoms with van der Waals surface area (Å²) in [6, 6.07) is 3.87. The summed E-state index contributed by atoms with van der Waals surface area (Å²) in [5, 5.41) is 3.10. The zero-order valence-electron chi connectivity index (χ0n) is 11.4. The molecule has 0 spiro atoms. The fourth-order valence-electron chi connectivity index (χ4n) is 2.33. The number of rotatable bonds is 4. The number of nitrogens with zero attached hydrogens (tertiary/aromatic N) is 2. The van der Waals surface area contributed by atoms with Crippen molar-refractivity contribution in [2.24, 2.45) is 5.73 Å². The number of aromatic nitrogens is 1. The van der Waals surface area contributed by atoms with Gasteiger partial charge < -0.3 is 16.0 Å². The Morgan fingerprint density at radius 2 is 2.26 bits per heavy atom. The molecule has 5 nitrogen and oxygen atoms in total. The average molecular weight is 262 g/mol. The maximum atomic E-state index is 12.2. The maximum absolute atomic E-state index is 12.2. The van der Waals surface area contributed by atoms with Crippen molar-refractivity contribution < 1.29 is 4.79 Å². The van der Waals surface area contributed by atoms with E-state index in [-0.39, 0.29) is 11.9 Å². The molecular weight excluding hydrogens is 240 g/mol. The Morgan fingerprint density at radius 1 is 1.53 bits per heavy atom. The monoisotopic (exact) mass is 262 g/mol.